The van der Waals surface area contributed by atoms with Crippen molar-refractivity contribution < 1.29 is 13.9 Å². The smallest absolute Gasteiger partial charge is 0.272 e. The van der Waals surface area contributed by atoms with E-state index in [4.69, 9.17) is 4.74 Å². The van der Waals surface area contributed by atoms with Crippen molar-refractivity contribution in [1.82, 2.24) is 4.98 Å². The van der Waals surface area contributed by atoms with E-state index in [1.54, 1.807) is 19.2 Å². The number of aromatic amines is 1. The van der Waals surface area contributed by atoms with E-state index in [-0.39, 0.29) is 11.6 Å². The quantitative estimate of drug-likeness (QED) is 0.771. The van der Waals surface area contributed by atoms with Crippen molar-refractivity contribution in [3.63, 3.8) is 0 Å². The number of nitrogens with one attached hydrogen (secondary N) is 2. The van der Waals surface area contributed by atoms with Gasteiger partial charge in [-0.3, -0.25) is 4.79 Å². The molecule has 0 aliphatic heterocycles. The highest BCUT2D eigenvalue weighted by molar-refractivity contribution is 6.08. The molecule has 0 unspecified atom stereocenters. The maximum Gasteiger partial charge on any atom is 0.272 e. The number of anilines is 1. The number of aryl methyl sites for hydroxylation is 1. The van der Waals surface area contributed by atoms with E-state index < -0.39 is 5.82 Å². The van der Waals surface area contributed by atoms with Crippen LogP contribution in [0.1, 0.15) is 16.1 Å². The second kappa shape index (κ2) is 5.52. The van der Waals surface area contributed by atoms with Crippen molar-refractivity contribution in [2.45, 2.75) is 6.92 Å². The summed E-state index contributed by atoms with van der Waals surface area (Å²) < 4.78 is 18.8. The van der Waals surface area contributed by atoms with Crippen LogP contribution in [0.25, 0.3) is 10.9 Å². The van der Waals surface area contributed by atoms with Gasteiger partial charge in [-0.15, -0.1) is 0 Å². The average Bonchev–Trinajstić information content (AvgIpc) is 2.86. The number of halogens is 1. The van der Waals surface area contributed by atoms with E-state index in [9.17, 15) is 9.18 Å². The summed E-state index contributed by atoms with van der Waals surface area (Å²) in [5, 5.41) is 3.51. The van der Waals surface area contributed by atoms with Crippen LogP contribution in [0.5, 0.6) is 5.75 Å². The molecule has 3 aromatic rings. The molecule has 4 nitrogen and oxygen atoms in total. The van der Waals surface area contributed by atoms with Gasteiger partial charge in [0.1, 0.15) is 17.3 Å². The molecule has 1 aromatic heterocycles. The van der Waals surface area contributed by atoms with Crippen LogP contribution in [0.3, 0.4) is 0 Å². The molecule has 2 aromatic carbocycles. The summed E-state index contributed by atoms with van der Waals surface area (Å²) in [4.78, 5) is 15.4. The van der Waals surface area contributed by atoms with Gasteiger partial charge in [-0.1, -0.05) is 12.1 Å². The largest absolute Gasteiger partial charge is 0.497 e. The highest BCUT2D eigenvalue weighted by Crippen LogP contribution is 2.26. The molecule has 0 aliphatic carbocycles. The summed E-state index contributed by atoms with van der Waals surface area (Å²) in [6.07, 6.45) is 0. The Morgan fingerprint density at radius 2 is 2.00 bits per heavy atom. The highest BCUT2D eigenvalue weighted by atomic mass is 19.1. The van der Waals surface area contributed by atoms with Gasteiger partial charge in [0.05, 0.1) is 12.8 Å². The maximum absolute atomic E-state index is 13.6. The second-order valence-corrected chi connectivity index (χ2v) is 4.97. The van der Waals surface area contributed by atoms with Crippen LogP contribution in [0.4, 0.5) is 10.1 Å². The zero-order valence-electron chi connectivity index (χ0n) is 12.2. The van der Waals surface area contributed by atoms with Gasteiger partial charge >= 0.3 is 0 Å². The number of rotatable bonds is 3. The predicted molar refractivity (Wildman–Crippen MR) is 83.9 cm³/mol. The van der Waals surface area contributed by atoms with Gasteiger partial charge in [-0.25, -0.2) is 4.39 Å². The first-order valence-electron chi connectivity index (χ1n) is 6.82. The zero-order chi connectivity index (χ0) is 15.7. The minimum absolute atomic E-state index is 0.156. The van der Waals surface area contributed by atoms with E-state index in [0.29, 0.717) is 11.4 Å². The molecule has 5 heteroatoms. The summed E-state index contributed by atoms with van der Waals surface area (Å²) in [7, 11) is 1.59. The highest BCUT2D eigenvalue weighted by Gasteiger charge is 2.16. The van der Waals surface area contributed by atoms with E-state index in [0.717, 1.165) is 16.5 Å². The molecule has 0 saturated heterocycles. The maximum atomic E-state index is 13.6. The number of H-pyrrole nitrogens is 1. The average molecular weight is 298 g/mol. The molecule has 0 spiro atoms. The van der Waals surface area contributed by atoms with Crippen molar-refractivity contribution in [3.05, 3.63) is 59.5 Å². The number of benzene rings is 2. The molecule has 0 fully saturated rings. The molecule has 22 heavy (non-hydrogen) atoms. The minimum Gasteiger partial charge on any atom is -0.497 e. The molecule has 3 rings (SSSR count). The van der Waals surface area contributed by atoms with Crippen LogP contribution < -0.4 is 10.1 Å². The lowest BCUT2D eigenvalue weighted by atomic mass is 10.1. The first-order valence-corrected chi connectivity index (χ1v) is 6.82. The Kier molecular flexibility index (Phi) is 3.55. The fraction of sp³-hybridized carbons (Fsp3) is 0.118. The Hall–Kier alpha value is -2.82. The third-order valence-corrected chi connectivity index (χ3v) is 3.61. The van der Waals surface area contributed by atoms with Gasteiger partial charge < -0.3 is 15.0 Å². The van der Waals surface area contributed by atoms with E-state index in [2.05, 4.69) is 10.3 Å². The van der Waals surface area contributed by atoms with E-state index >= 15 is 0 Å². The van der Waals surface area contributed by atoms with Crippen LogP contribution >= 0.6 is 0 Å². The Morgan fingerprint density at radius 3 is 2.73 bits per heavy atom. The third-order valence-electron chi connectivity index (χ3n) is 3.61. The number of hydrogen-bond donors (Lipinski definition) is 2. The van der Waals surface area contributed by atoms with Gasteiger partial charge in [-0.05, 0) is 36.8 Å². The Bertz CT molecular complexity index is 855. The minimum atomic E-state index is -0.466. The topological polar surface area (TPSA) is 54.1 Å². The van der Waals surface area contributed by atoms with Crippen molar-refractivity contribution in [3.8, 4) is 5.75 Å². The summed E-state index contributed by atoms with van der Waals surface area (Å²) in [6, 6.07) is 11.6. The second-order valence-electron chi connectivity index (χ2n) is 4.97. The van der Waals surface area contributed by atoms with Crippen LogP contribution in [-0.2, 0) is 0 Å². The summed E-state index contributed by atoms with van der Waals surface area (Å²) in [5.41, 5.74) is 2.18. The fourth-order valence-corrected chi connectivity index (χ4v) is 2.42. The molecule has 2 N–H and O–H groups in total. The molecule has 0 bridgehead atoms. The van der Waals surface area contributed by atoms with Crippen molar-refractivity contribution in [1.29, 1.82) is 0 Å². The zero-order valence-corrected chi connectivity index (χ0v) is 12.2. The number of ether oxygens (including phenoxy) is 1. The van der Waals surface area contributed by atoms with Crippen LogP contribution in [0.2, 0.25) is 0 Å². The monoisotopic (exact) mass is 298 g/mol. The number of hydrogen-bond acceptors (Lipinski definition) is 2. The Labute approximate surface area is 126 Å². The molecular weight excluding hydrogens is 283 g/mol. The summed E-state index contributed by atoms with van der Waals surface area (Å²) in [6.45, 7) is 1.85. The first kappa shape index (κ1) is 14.1. The SMILES string of the molecule is COc1ccc2c(C)c(C(=O)Nc3ccccc3F)[nH]c2c1. The summed E-state index contributed by atoms with van der Waals surface area (Å²) in [5.74, 6) is -0.140. The van der Waals surface area contributed by atoms with Crippen LogP contribution in [0.15, 0.2) is 42.5 Å². The number of para-hydroxylation sites is 1. The van der Waals surface area contributed by atoms with Gasteiger partial charge in [0.2, 0.25) is 0 Å². The number of fused-ring (bicyclic) bond motifs is 1. The summed E-state index contributed by atoms with van der Waals surface area (Å²) >= 11 is 0. The number of carbonyl (C=O) groups excluding carboxylic acids is 1. The van der Waals surface area contributed by atoms with Crippen molar-refractivity contribution >= 4 is 22.5 Å². The van der Waals surface area contributed by atoms with Gasteiger partial charge in [0, 0.05) is 17.0 Å². The Balaban J connectivity index is 1.97. The fourth-order valence-electron chi connectivity index (χ4n) is 2.42. The number of aromatic nitrogens is 1. The van der Waals surface area contributed by atoms with E-state index in [1.165, 1.54) is 12.1 Å². The number of methoxy groups -OCH3 is 1. The number of amides is 1. The standard InChI is InChI=1S/C17H15FN2O2/c1-10-12-8-7-11(22-2)9-15(12)19-16(10)17(21)20-14-6-4-3-5-13(14)18/h3-9,19H,1-2H3,(H,20,21). The number of carbonyl (C=O) groups is 1. The molecular formula is C17H15FN2O2. The van der Waals surface area contributed by atoms with Gasteiger partial charge in [-0.2, -0.15) is 0 Å². The lowest BCUT2D eigenvalue weighted by Crippen LogP contribution is -2.14. The van der Waals surface area contributed by atoms with Crippen LogP contribution in [-0.4, -0.2) is 18.0 Å². The van der Waals surface area contributed by atoms with Gasteiger partial charge in [0.15, 0.2) is 0 Å². The van der Waals surface area contributed by atoms with Gasteiger partial charge in [0.25, 0.3) is 5.91 Å². The van der Waals surface area contributed by atoms with Crippen LogP contribution in [0, 0.1) is 12.7 Å². The van der Waals surface area contributed by atoms with Crippen molar-refractivity contribution in [2.75, 3.05) is 12.4 Å². The molecule has 0 aliphatic rings. The first-order chi connectivity index (χ1) is 10.6. The molecule has 0 atom stereocenters. The molecule has 0 saturated carbocycles. The normalized spacial score (nSPS) is 10.7. The van der Waals surface area contributed by atoms with Crippen molar-refractivity contribution in [2.24, 2.45) is 0 Å². The molecule has 1 heterocycles. The predicted octanol–water partition coefficient (Wildman–Crippen LogP) is 3.88. The van der Waals surface area contributed by atoms with E-state index in [1.807, 2.05) is 25.1 Å². The third kappa shape index (κ3) is 2.41. The molecule has 1 amide bonds. The lowest BCUT2D eigenvalue weighted by Gasteiger charge is -2.05. The molecule has 0 radical (unpaired) electrons. The Morgan fingerprint density at radius 1 is 1.23 bits per heavy atom. The lowest BCUT2D eigenvalue weighted by molar-refractivity contribution is 0.102. The molecule has 112 valence electrons.